The lowest BCUT2D eigenvalue weighted by Crippen LogP contribution is -2.49. The fourth-order valence-electron chi connectivity index (χ4n) is 1.76. The average molecular weight is 330 g/mol. The van der Waals surface area contributed by atoms with Gasteiger partial charge in [0.25, 0.3) is 0 Å². The number of rotatable bonds is 9. The second-order valence-electron chi connectivity index (χ2n) is 6.21. The van der Waals surface area contributed by atoms with E-state index in [-0.39, 0.29) is 13.0 Å². The summed E-state index contributed by atoms with van der Waals surface area (Å²) in [6, 6.07) is -1.01. The number of hydrogen-bond donors (Lipinski definition) is 2. The second kappa shape index (κ2) is 10.9. The van der Waals surface area contributed by atoms with Crippen molar-refractivity contribution in [1.29, 1.82) is 0 Å². The van der Waals surface area contributed by atoms with Crippen molar-refractivity contribution in [1.82, 2.24) is 10.6 Å². The van der Waals surface area contributed by atoms with E-state index in [1.807, 2.05) is 0 Å². The maximum atomic E-state index is 12.2. The summed E-state index contributed by atoms with van der Waals surface area (Å²) in [5, 5.41) is 5.15. The van der Waals surface area contributed by atoms with Crippen LogP contribution >= 0.6 is 0 Å². The molecule has 2 amide bonds. The van der Waals surface area contributed by atoms with Crippen molar-refractivity contribution >= 4 is 18.0 Å². The number of nitrogens with one attached hydrogen (secondary N) is 2. The van der Waals surface area contributed by atoms with Crippen molar-refractivity contribution in [3.63, 3.8) is 0 Å². The molecule has 0 rings (SSSR count). The smallest absolute Gasteiger partial charge is 0.408 e. The van der Waals surface area contributed by atoms with E-state index in [1.165, 1.54) is 0 Å². The van der Waals surface area contributed by atoms with Crippen molar-refractivity contribution < 1.29 is 23.9 Å². The van der Waals surface area contributed by atoms with Crippen LogP contribution in [0.1, 0.15) is 60.3 Å². The van der Waals surface area contributed by atoms with E-state index < -0.39 is 29.6 Å². The van der Waals surface area contributed by atoms with Crippen LogP contribution in [0.5, 0.6) is 0 Å². The summed E-state index contributed by atoms with van der Waals surface area (Å²) in [4.78, 5) is 35.6. The summed E-state index contributed by atoms with van der Waals surface area (Å²) in [5.41, 5.74) is -0.684. The molecule has 23 heavy (non-hydrogen) atoms. The largest absolute Gasteiger partial charge is 0.466 e. The topological polar surface area (TPSA) is 93.7 Å². The van der Waals surface area contributed by atoms with Crippen LogP contribution in [-0.2, 0) is 19.1 Å². The first-order valence-electron chi connectivity index (χ1n) is 8.12. The Balaban J connectivity index is 4.63. The predicted octanol–water partition coefficient (Wildman–Crippen LogP) is 2.14. The molecule has 0 spiro atoms. The number of carbonyl (C=O) groups excluding carboxylic acids is 3. The third-order valence-corrected chi connectivity index (χ3v) is 2.76. The summed E-state index contributed by atoms with van der Waals surface area (Å²) in [6.07, 6.45) is 1.92. The Hall–Kier alpha value is -1.79. The molecule has 0 aliphatic carbocycles. The lowest BCUT2D eigenvalue weighted by molar-refractivity contribution is -0.145. The van der Waals surface area contributed by atoms with E-state index in [1.54, 1.807) is 27.7 Å². The highest BCUT2D eigenvalue weighted by atomic mass is 16.6. The summed E-state index contributed by atoms with van der Waals surface area (Å²) >= 11 is 0. The minimum Gasteiger partial charge on any atom is -0.466 e. The summed E-state index contributed by atoms with van der Waals surface area (Å²) in [7, 11) is 0. The van der Waals surface area contributed by atoms with Gasteiger partial charge in [-0.1, -0.05) is 19.8 Å². The minimum absolute atomic E-state index is 0.218. The summed E-state index contributed by atoms with van der Waals surface area (Å²) in [5.74, 6) is -0.961. The van der Waals surface area contributed by atoms with Crippen molar-refractivity contribution in [3.05, 3.63) is 0 Å². The van der Waals surface area contributed by atoms with Crippen molar-refractivity contribution in [2.75, 3.05) is 13.2 Å². The SMILES string of the molecule is CCCCCNC(=O)[C@H](CC(=O)OCC)NC(=O)OC(C)(C)C. The zero-order chi connectivity index (χ0) is 17.9. The zero-order valence-electron chi connectivity index (χ0n) is 14.9. The molecule has 7 heteroatoms. The standard InChI is InChI=1S/C16H30N2O5/c1-6-8-9-10-17-14(20)12(11-13(19)22-7-2)18-15(21)23-16(3,4)5/h12H,6-11H2,1-5H3,(H,17,20)(H,18,21)/t12-/m0/s1. The van der Waals surface area contributed by atoms with Gasteiger partial charge in [0.15, 0.2) is 0 Å². The van der Waals surface area contributed by atoms with Crippen LogP contribution in [0.25, 0.3) is 0 Å². The average Bonchev–Trinajstić information content (AvgIpc) is 2.40. The molecule has 0 saturated carbocycles. The molecule has 0 saturated heterocycles. The lowest BCUT2D eigenvalue weighted by atomic mass is 10.2. The molecule has 7 nitrogen and oxygen atoms in total. The highest BCUT2D eigenvalue weighted by Crippen LogP contribution is 2.07. The van der Waals surface area contributed by atoms with E-state index in [2.05, 4.69) is 17.6 Å². The van der Waals surface area contributed by atoms with Gasteiger partial charge in [0, 0.05) is 6.54 Å². The first-order valence-corrected chi connectivity index (χ1v) is 8.12. The molecule has 0 bridgehead atoms. The Labute approximate surface area is 138 Å². The number of carbonyl (C=O) groups is 3. The Bertz CT molecular complexity index is 390. The lowest BCUT2D eigenvalue weighted by Gasteiger charge is -2.23. The van der Waals surface area contributed by atoms with E-state index in [9.17, 15) is 14.4 Å². The van der Waals surface area contributed by atoms with Crippen LogP contribution in [0.3, 0.4) is 0 Å². The third kappa shape index (κ3) is 11.4. The molecular weight excluding hydrogens is 300 g/mol. The molecular formula is C16H30N2O5. The quantitative estimate of drug-likeness (QED) is 0.499. The van der Waals surface area contributed by atoms with Crippen molar-refractivity contribution in [2.24, 2.45) is 0 Å². The number of amides is 2. The molecule has 0 aromatic rings. The maximum Gasteiger partial charge on any atom is 0.408 e. The Morgan fingerprint density at radius 3 is 2.26 bits per heavy atom. The fraction of sp³-hybridized carbons (Fsp3) is 0.812. The van der Waals surface area contributed by atoms with Gasteiger partial charge >= 0.3 is 12.1 Å². The molecule has 0 heterocycles. The molecule has 0 fully saturated rings. The van der Waals surface area contributed by atoms with Gasteiger partial charge in [-0.15, -0.1) is 0 Å². The predicted molar refractivity (Wildman–Crippen MR) is 86.9 cm³/mol. The van der Waals surface area contributed by atoms with E-state index in [4.69, 9.17) is 9.47 Å². The van der Waals surface area contributed by atoms with Gasteiger partial charge in [-0.2, -0.15) is 0 Å². The Morgan fingerprint density at radius 2 is 1.74 bits per heavy atom. The van der Waals surface area contributed by atoms with Crippen LogP contribution in [0.4, 0.5) is 4.79 Å². The summed E-state index contributed by atoms with van der Waals surface area (Å²) in [6.45, 7) is 9.62. The van der Waals surface area contributed by atoms with Gasteiger partial charge in [0.05, 0.1) is 13.0 Å². The number of hydrogen-bond acceptors (Lipinski definition) is 5. The second-order valence-corrected chi connectivity index (χ2v) is 6.21. The summed E-state index contributed by atoms with van der Waals surface area (Å²) < 4.78 is 9.96. The van der Waals surface area contributed by atoms with Gasteiger partial charge in [-0.25, -0.2) is 4.79 Å². The van der Waals surface area contributed by atoms with Gasteiger partial charge in [0.2, 0.25) is 5.91 Å². The number of esters is 1. The molecule has 0 aromatic carbocycles. The number of alkyl carbamates (subject to hydrolysis) is 1. The van der Waals surface area contributed by atoms with E-state index in [0.717, 1.165) is 19.3 Å². The monoisotopic (exact) mass is 330 g/mol. The molecule has 0 unspecified atom stereocenters. The molecule has 0 aromatic heterocycles. The van der Waals surface area contributed by atoms with Crippen molar-refractivity contribution in [3.8, 4) is 0 Å². The number of ether oxygens (including phenoxy) is 2. The van der Waals surface area contributed by atoms with Crippen LogP contribution in [0.15, 0.2) is 0 Å². The van der Waals surface area contributed by atoms with Crippen LogP contribution in [0.2, 0.25) is 0 Å². The first kappa shape index (κ1) is 21.2. The van der Waals surface area contributed by atoms with Gasteiger partial charge < -0.3 is 20.1 Å². The van der Waals surface area contributed by atoms with E-state index in [0.29, 0.717) is 6.54 Å². The molecule has 134 valence electrons. The molecule has 0 radical (unpaired) electrons. The van der Waals surface area contributed by atoms with Gasteiger partial charge in [0.1, 0.15) is 11.6 Å². The van der Waals surface area contributed by atoms with Gasteiger partial charge in [-0.05, 0) is 34.1 Å². The molecule has 2 N–H and O–H groups in total. The zero-order valence-corrected chi connectivity index (χ0v) is 14.9. The van der Waals surface area contributed by atoms with Crippen molar-refractivity contribution in [2.45, 2.75) is 71.9 Å². The van der Waals surface area contributed by atoms with Gasteiger partial charge in [-0.3, -0.25) is 9.59 Å². The van der Waals surface area contributed by atoms with Crippen LogP contribution in [-0.4, -0.2) is 42.8 Å². The highest BCUT2D eigenvalue weighted by molar-refractivity contribution is 5.89. The molecule has 0 aliphatic heterocycles. The molecule has 1 atom stereocenters. The number of unbranched alkanes of at least 4 members (excludes halogenated alkanes) is 2. The normalized spacial score (nSPS) is 12.2. The third-order valence-electron chi connectivity index (χ3n) is 2.76. The van der Waals surface area contributed by atoms with E-state index >= 15 is 0 Å². The molecule has 0 aliphatic rings. The Morgan fingerprint density at radius 1 is 1.09 bits per heavy atom. The Kier molecular flexibility index (Phi) is 10.0. The first-order chi connectivity index (χ1) is 10.7. The highest BCUT2D eigenvalue weighted by Gasteiger charge is 2.26. The van der Waals surface area contributed by atoms with Crippen LogP contribution < -0.4 is 10.6 Å². The fourth-order valence-corrected chi connectivity index (χ4v) is 1.76. The maximum absolute atomic E-state index is 12.2. The minimum atomic E-state index is -1.01. The van der Waals surface area contributed by atoms with Crippen LogP contribution in [0, 0.1) is 0 Å².